The first-order chi connectivity index (χ1) is 7.39. The van der Waals surface area contributed by atoms with Crippen LogP contribution in [0.2, 0.25) is 0 Å². The second-order valence-corrected chi connectivity index (χ2v) is 5.95. The van der Waals surface area contributed by atoms with Gasteiger partial charge in [-0.3, -0.25) is 0 Å². The summed E-state index contributed by atoms with van der Waals surface area (Å²) in [5, 5.41) is 0. The van der Waals surface area contributed by atoms with Crippen molar-refractivity contribution in [2.24, 2.45) is 16.7 Å². The number of rotatable bonds is 3. The molecule has 0 atom stereocenters. The smallest absolute Gasteiger partial charge is 0.116 e. The molecule has 0 N–H and O–H groups in total. The summed E-state index contributed by atoms with van der Waals surface area (Å²) in [7, 11) is 0. The lowest BCUT2D eigenvalue weighted by atomic mass is 10.0. The molecule has 1 fully saturated rings. The van der Waals surface area contributed by atoms with Crippen molar-refractivity contribution >= 4 is 0 Å². The predicted octanol–water partition coefficient (Wildman–Crippen LogP) is 3.68. The summed E-state index contributed by atoms with van der Waals surface area (Å²) in [5.74, 6) is 5.31. The molecule has 16 heavy (non-hydrogen) atoms. The maximum absolute atomic E-state index is 5.72. The monoisotopic (exact) mass is 216 g/mol. The minimum absolute atomic E-state index is 0.423. The summed E-state index contributed by atoms with van der Waals surface area (Å²) >= 11 is 0. The van der Waals surface area contributed by atoms with Gasteiger partial charge in [-0.1, -0.05) is 33.6 Å². The van der Waals surface area contributed by atoms with E-state index < -0.39 is 0 Å². The van der Waals surface area contributed by atoms with Gasteiger partial charge in [0.2, 0.25) is 0 Å². The van der Waals surface area contributed by atoms with Crippen LogP contribution >= 0.6 is 0 Å². The molecule has 0 aromatic carbocycles. The van der Waals surface area contributed by atoms with Crippen LogP contribution in [-0.2, 0) is 12.8 Å². The lowest BCUT2D eigenvalue weighted by Crippen LogP contribution is -1.95. The van der Waals surface area contributed by atoms with E-state index >= 15 is 0 Å². The van der Waals surface area contributed by atoms with Crippen LogP contribution in [0, 0.1) is 29.1 Å². The normalized spacial score (nSPS) is 21.7. The van der Waals surface area contributed by atoms with E-state index in [2.05, 4.69) is 39.7 Å². The summed E-state index contributed by atoms with van der Waals surface area (Å²) in [6, 6.07) is 4.06. The van der Waals surface area contributed by atoms with E-state index in [0.29, 0.717) is 23.2 Å². The summed E-state index contributed by atoms with van der Waals surface area (Å²) in [5.41, 5.74) is 0.845. The van der Waals surface area contributed by atoms with Crippen molar-refractivity contribution in [1.82, 2.24) is 0 Å². The fraction of sp³-hybridized carbons (Fsp3) is 0.600. The number of terminal acetylenes is 1. The van der Waals surface area contributed by atoms with E-state index in [-0.39, 0.29) is 0 Å². The third-order valence-electron chi connectivity index (χ3n) is 4.72. The van der Waals surface area contributed by atoms with E-state index in [4.69, 9.17) is 10.8 Å². The first-order valence-electron chi connectivity index (χ1n) is 5.90. The van der Waals surface area contributed by atoms with Crippen molar-refractivity contribution in [2.45, 2.75) is 40.5 Å². The van der Waals surface area contributed by atoms with Crippen LogP contribution in [0.1, 0.15) is 39.2 Å². The summed E-state index contributed by atoms with van der Waals surface area (Å²) in [6.45, 7) is 9.35. The molecule has 1 nitrogen and oxygen atoms in total. The minimum Gasteiger partial charge on any atom is -0.465 e. The first kappa shape index (κ1) is 11.3. The van der Waals surface area contributed by atoms with Crippen molar-refractivity contribution in [3.05, 3.63) is 23.7 Å². The van der Waals surface area contributed by atoms with Gasteiger partial charge in [-0.15, -0.1) is 6.42 Å². The summed E-state index contributed by atoms with van der Waals surface area (Å²) in [4.78, 5) is 0. The maximum Gasteiger partial charge on any atom is 0.116 e. The lowest BCUT2D eigenvalue weighted by molar-refractivity contribution is 0.445. The Morgan fingerprint density at radius 1 is 1.19 bits per heavy atom. The van der Waals surface area contributed by atoms with Crippen LogP contribution in [0.15, 0.2) is 16.5 Å². The topological polar surface area (TPSA) is 13.1 Å². The van der Waals surface area contributed by atoms with Gasteiger partial charge in [-0.05, 0) is 28.9 Å². The molecule has 1 aromatic rings. The van der Waals surface area contributed by atoms with Crippen molar-refractivity contribution < 1.29 is 4.42 Å². The van der Waals surface area contributed by atoms with Gasteiger partial charge >= 0.3 is 0 Å². The molecule has 1 heteroatoms. The van der Waals surface area contributed by atoms with Gasteiger partial charge in [0.1, 0.15) is 11.5 Å². The highest BCUT2D eigenvalue weighted by Crippen LogP contribution is 2.69. The molecule has 0 radical (unpaired) electrons. The number of hydrogen-bond acceptors (Lipinski definition) is 1. The standard InChI is InChI=1S/C15H20O/c1-6-7-11-8-9-12(16-11)10-13-14(2,3)15(13,4)5/h1,8-9,13H,7,10H2,2-5H3. The molecular formula is C15H20O. The lowest BCUT2D eigenvalue weighted by Gasteiger charge is -2.04. The van der Waals surface area contributed by atoms with Crippen LogP contribution in [0.4, 0.5) is 0 Å². The summed E-state index contributed by atoms with van der Waals surface area (Å²) in [6.07, 6.45) is 6.89. The highest BCUT2D eigenvalue weighted by atomic mass is 16.3. The van der Waals surface area contributed by atoms with Gasteiger partial charge in [0.05, 0.1) is 6.42 Å². The molecule has 86 valence electrons. The van der Waals surface area contributed by atoms with Crippen LogP contribution in [0.3, 0.4) is 0 Å². The van der Waals surface area contributed by atoms with Gasteiger partial charge < -0.3 is 4.42 Å². The Morgan fingerprint density at radius 2 is 1.75 bits per heavy atom. The second-order valence-electron chi connectivity index (χ2n) is 5.95. The molecule has 1 saturated carbocycles. The van der Waals surface area contributed by atoms with Crippen molar-refractivity contribution in [3.8, 4) is 12.3 Å². The zero-order valence-electron chi connectivity index (χ0n) is 10.6. The third-order valence-corrected chi connectivity index (χ3v) is 4.72. The van der Waals surface area contributed by atoms with Crippen molar-refractivity contribution in [2.75, 3.05) is 0 Å². The molecule has 1 aliphatic rings. The zero-order valence-corrected chi connectivity index (χ0v) is 10.6. The van der Waals surface area contributed by atoms with Gasteiger partial charge in [0.15, 0.2) is 0 Å². The molecule has 0 unspecified atom stereocenters. The largest absolute Gasteiger partial charge is 0.465 e. The Labute approximate surface area is 98.2 Å². The van der Waals surface area contributed by atoms with E-state index in [1.165, 1.54) is 0 Å². The summed E-state index contributed by atoms with van der Waals surface area (Å²) < 4.78 is 5.72. The molecule has 0 aliphatic heterocycles. The Kier molecular flexibility index (Phi) is 2.42. The SMILES string of the molecule is C#CCc1ccc(CC2C(C)(C)C2(C)C)o1. The molecule has 1 aromatic heterocycles. The van der Waals surface area contributed by atoms with Crippen LogP contribution in [0.5, 0.6) is 0 Å². The Morgan fingerprint density at radius 3 is 2.25 bits per heavy atom. The van der Waals surface area contributed by atoms with Crippen molar-refractivity contribution in [1.29, 1.82) is 0 Å². The maximum atomic E-state index is 5.72. The Hall–Kier alpha value is -1.16. The van der Waals surface area contributed by atoms with E-state index in [1.54, 1.807) is 0 Å². The highest BCUT2D eigenvalue weighted by Gasteiger charge is 2.64. The van der Waals surface area contributed by atoms with Crippen molar-refractivity contribution in [3.63, 3.8) is 0 Å². The number of furan rings is 1. The fourth-order valence-electron chi connectivity index (χ4n) is 2.77. The quantitative estimate of drug-likeness (QED) is 0.702. The van der Waals surface area contributed by atoms with Crippen LogP contribution < -0.4 is 0 Å². The molecule has 0 amide bonds. The molecule has 1 aliphatic carbocycles. The van der Waals surface area contributed by atoms with Crippen LogP contribution in [-0.4, -0.2) is 0 Å². The fourth-order valence-corrected chi connectivity index (χ4v) is 2.77. The van der Waals surface area contributed by atoms with Crippen LogP contribution in [0.25, 0.3) is 0 Å². The van der Waals surface area contributed by atoms with E-state index in [1.807, 2.05) is 6.07 Å². The molecular weight excluding hydrogens is 196 g/mol. The highest BCUT2D eigenvalue weighted by molar-refractivity contribution is 5.19. The van der Waals surface area contributed by atoms with Gasteiger partial charge in [0, 0.05) is 6.42 Å². The molecule has 1 heterocycles. The average molecular weight is 216 g/mol. The van der Waals surface area contributed by atoms with E-state index in [0.717, 1.165) is 17.9 Å². The van der Waals surface area contributed by atoms with E-state index in [9.17, 15) is 0 Å². The molecule has 0 spiro atoms. The van der Waals surface area contributed by atoms with Gasteiger partial charge in [-0.2, -0.15) is 0 Å². The molecule has 0 saturated heterocycles. The first-order valence-corrected chi connectivity index (χ1v) is 5.90. The molecule has 0 bridgehead atoms. The Balaban J connectivity index is 2.04. The van der Waals surface area contributed by atoms with Gasteiger partial charge in [0.25, 0.3) is 0 Å². The predicted molar refractivity (Wildman–Crippen MR) is 66.0 cm³/mol. The Bertz CT molecular complexity index is 415. The molecule has 2 rings (SSSR count). The third kappa shape index (κ3) is 1.57. The number of hydrogen-bond donors (Lipinski definition) is 0. The zero-order chi connectivity index (χ0) is 12.0. The minimum atomic E-state index is 0.423. The average Bonchev–Trinajstić information content (AvgIpc) is 2.58. The second kappa shape index (κ2) is 3.42. The van der Waals surface area contributed by atoms with Gasteiger partial charge in [-0.25, -0.2) is 0 Å².